The van der Waals surface area contributed by atoms with Gasteiger partial charge < -0.3 is 14.6 Å². The first kappa shape index (κ1) is 18.6. The molecule has 3 heterocycles. The Morgan fingerprint density at radius 1 is 1.39 bits per heavy atom. The Kier molecular flexibility index (Phi) is 5.63. The van der Waals surface area contributed by atoms with E-state index in [9.17, 15) is 4.79 Å². The van der Waals surface area contributed by atoms with Gasteiger partial charge in [-0.3, -0.25) is 10.1 Å². The molecule has 28 heavy (non-hydrogen) atoms. The highest BCUT2D eigenvalue weighted by Crippen LogP contribution is 2.31. The van der Waals surface area contributed by atoms with E-state index in [1.165, 1.54) is 4.88 Å². The average Bonchev–Trinajstić information content (AvgIpc) is 3.36. The van der Waals surface area contributed by atoms with Gasteiger partial charge in [-0.2, -0.15) is 4.98 Å². The van der Waals surface area contributed by atoms with Crippen molar-refractivity contribution >= 4 is 22.4 Å². The number of benzene rings is 1. The van der Waals surface area contributed by atoms with Crippen LogP contribution in [0.25, 0.3) is 0 Å². The van der Waals surface area contributed by atoms with E-state index >= 15 is 0 Å². The molecule has 0 spiro atoms. The zero-order chi connectivity index (χ0) is 19.3. The maximum Gasteiger partial charge on any atom is 0.257 e. The predicted molar refractivity (Wildman–Crippen MR) is 105 cm³/mol. The lowest BCUT2D eigenvalue weighted by Crippen LogP contribution is -2.26. The molecule has 0 unspecified atom stereocenters. The molecule has 9 heteroatoms. The van der Waals surface area contributed by atoms with E-state index < -0.39 is 0 Å². The van der Waals surface area contributed by atoms with Gasteiger partial charge in [-0.15, -0.1) is 11.3 Å². The van der Waals surface area contributed by atoms with Crippen molar-refractivity contribution in [1.29, 1.82) is 0 Å². The number of hydrogen-bond acceptors (Lipinski definition) is 8. The zero-order valence-electron chi connectivity index (χ0n) is 15.5. The topological polar surface area (TPSA) is 102 Å². The number of piperidine rings is 1. The number of rotatable bonds is 6. The van der Waals surface area contributed by atoms with Crippen LogP contribution < -0.4 is 15.4 Å². The van der Waals surface area contributed by atoms with Gasteiger partial charge in [-0.25, -0.2) is 4.98 Å². The number of aromatic nitrogens is 3. The lowest BCUT2D eigenvalue weighted by molar-refractivity contribution is 0.102. The SMILES string of the molecule is Cc1nc(COc2cccc(C(=O)Nc3ncc(C4CCNCC4)s3)c2)no1. The van der Waals surface area contributed by atoms with E-state index in [0.29, 0.717) is 34.1 Å². The van der Waals surface area contributed by atoms with E-state index in [1.54, 1.807) is 42.5 Å². The Labute approximate surface area is 166 Å². The molecule has 3 aromatic rings. The van der Waals surface area contributed by atoms with E-state index in [1.807, 2.05) is 6.20 Å². The van der Waals surface area contributed by atoms with Crippen LogP contribution in [-0.4, -0.2) is 34.1 Å². The molecule has 1 fully saturated rings. The highest BCUT2D eigenvalue weighted by atomic mass is 32.1. The minimum atomic E-state index is -0.216. The lowest BCUT2D eigenvalue weighted by atomic mass is 9.97. The van der Waals surface area contributed by atoms with Gasteiger partial charge in [0.2, 0.25) is 11.7 Å². The molecule has 1 aliphatic heterocycles. The van der Waals surface area contributed by atoms with E-state index in [2.05, 4.69) is 25.8 Å². The van der Waals surface area contributed by atoms with Crippen LogP contribution in [0.15, 0.2) is 35.0 Å². The number of aryl methyl sites for hydroxylation is 1. The fraction of sp³-hybridized carbons (Fsp3) is 0.368. The van der Waals surface area contributed by atoms with Gasteiger partial charge in [0.25, 0.3) is 5.91 Å². The Morgan fingerprint density at radius 2 is 2.25 bits per heavy atom. The molecule has 4 rings (SSSR count). The lowest BCUT2D eigenvalue weighted by Gasteiger charge is -2.20. The van der Waals surface area contributed by atoms with Gasteiger partial charge in [0, 0.05) is 23.6 Å². The predicted octanol–water partition coefficient (Wildman–Crippen LogP) is 3.13. The molecule has 1 aromatic carbocycles. The number of carbonyl (C=O) groups is 1. The third kappa shape index (κ3) is 4.55. The molecule has 1 saturated heterocycles. The van der Waals surface area contributed by atoms with Crippen LogP contribution in [0.2, 0.25) is 0 Å². The summed E-state index contributed by atoms with van der Waals surface area (Å²) < 4.78 is 10.6. The first-order chi connectivity index (χ1) is 13.7. The van der Waals surface area contributed by atoms with Gasteiger partial charge in [0.1, 0.15) is 5.75 Å². The van der Waals surface area contributed by atoms with Gasteiger partial charge in [-0.05, 0) is 50.0 Å². The first-order valence-corrected chi connectivity index (χ1v) is 9.99. The maximum absolute atomic E-state index is 12.6. The van der Waals surface area contributed by atoms with Crippen molar-refractivity contribution in [3.05, 3.63) is 52.6 Å². The van der Waals surface area contributed by atoms with E-state index in [0.717, 1.165) is 25.9 Å². The number of hydrogen-bond donors (Lipinski definition) is 2. The van der Waals surface area contributed by atoms with Crippen LogP contribution in [-0.2, 0) is 6.61 Å². The molecule has 0 bridgehead atoms. The molecular weight excluding hydrogens is 378 g/mol. The summed E-state index contributed by atoms with van der Waals surface area (Å²) in [5, 5.41) is 10.6. The number of thiazole rings is 1. The smallest absolute Gasteiger partial charge is 0.257 e. The molecule has 0 radical (unpaired) electrons. The molecule has 1 aliphatic rings. The zero-order valence-corrected chi connectivity index (χ0v) is 16.3. The van der Waals surface area contributed by atoms with Crippen molar-refractivity contribution in [2.45, 2.75) is 32.3 Å². The van der Waals surface area contributed by atoms with Gasteiger partial charge in [-0.1, -0.05) is 11.2 Å². The highest BCUT2D eigenvalue weighted by Gasteiger charge is 2.18. The molecular formula is C19H21N5O3S. The van der Waals surface area contributed by atoms with Crippen LogP contribution in [0.5, 0.6) is 5.75 Å². The van der Waals surface area contributed by atoms with Crippen molar-refractivity contribution in [2.24, 2.45) is 0 Å². The van der Waals surface area contributed by atoms with Crippen LogP contribution in [0.3, 0.4) is 0 Å². The Hall–Kier alpha value is -2.78. The van der Waals surface area contributed by atoms with Crippen molar-refractivity contribution < 1.29 is 14.1 Å². The summed E-state index contributed by atoms with van der Waals surface area (Å²) in [6, 6.07) is 6.97. The molecule has 0 aliphatic carbocycles. The van der Waals surface area contributed by atoms with Crippen molar-refractivity contribution in [1.82, 2.24) is 20.4 Å². The summed E-state index contributed by atoms with van der Waals surface area (Å²) in [4.78, 5) is 22.3. The number of amides is 1. The number of anilines is 1. The Bertz CT molecular complexity index is 948. The summed E-state index contributed by atoms with van der Waals surface area (Å²) in [5.74, 6) is 1.81. The largest absolute Gasteiger partial charge is 0.485 e. The Morgan fingerprint density at radius 3 is 3.04 bits per heavy atom. The van der Waals surface area contributed by atoms with Crippen LogP contribution in [0.4, 0.5) is 5.13 Å². The summed E-state index contributed by atoms with van der Waals surface area (Å²) >= 11 is 1.55. The third-order valence-corrected chi connectivity index (χ3v) is 5.59. The first-order valence-electron chi connectivity index (χ1n) is 9.17. The van der Waals surface area contributed by atoms with Gasteiger partial charge >= 0.3 is 0 Å². The number of nitrogens with one attached hydrogen (secondary N) is 2. The van der Waals surface area contributed by atoms with Crippen LogP contribution >= 0.6 is 11.3 Å². The van der Waals surface area contributed by atoms with Gasteiger partial charge in [0.05, 0.1) is 0 Å². The highest BCUT2D eigenvalue weighted by molar-refractivity contribution is 7.15. The average molecular weight is 399 g/mol. The van der Waals surface area contributed by atoms with Gasteiger partial charge in [0.15, 0.2) is 11.7 Å². The minimum Gasteiger partial charge on any atom is -0.485 e. The molecule has 0 saturated carbocycles. The standard InChI is InChI=1S/C19H21N5O3S/c1-12-22-17(24-27-12)11-26-15-4-2-3-14(9-15)18(25)23-19-21-10-16(28-19)13-5-7-20-8-6-13/h2-4,9-10,13,20H,5-8,11H2,1H3,(H,21,23,25). The monoisotopic (exact) mass is 399 g/mol. The van der Waals surface area contributed by atoms with E-state index in [-0.39, 0.29) is 12.5 Å². The molecule has 146 valence electrons. The number of carbonyl (C=O) groups excluding carboxylic acids is 1. The number of nitrogens with zero attached hydrogens (tertiary/aromatic N) is 3. The van der Waals surface area contributed by atoms with Crippen molar-refractivity contribution in [3.63, 3.8) is 0 Å². The third-order valence-electron chi connectivity index (χ3n) is 4.52. The molecule has 1 amide bonds. The second kappa shape index (κ2) is 8.49. The minimum absolute atomic E-state index is 0.175. The van der Waals surface area contributed by atoms with Crippen molar-refractivity contribution in [3.8, 4) is 5.75 Å². The summed E-state index contributed by atoms with van der Waals surface area (Å²) in [5.41, 5.74) is 0.500. The fourth-order valence-electron chi connectivity index (χ4n) is 3.08. The maximum atomic E-state index is 12.6. The van der Waals surface area contributed by atoms with E-state index in [4.69, 9.17) is 9.26 Å². The number of ether oxygens (including phenoxy) is 1. The van der Waals surface area contributed by atoms with Crippen LogP contribution in [0.1, 0.15) is 45.7 Å². The molecule has 2 aromatic heterocycles. The quantitative estimate of drug-likeness (QED) is 0.656. The summed E-state index contributed by atoms with van der Waals surface area (Å²) in [6.07, 6.45) is 4.09. The summed E-state index contributed by atoms with van der Waals surface area (Å²) in [7, 11) is 0. The van der Waals surface area contributed by atoms with Crippen LogP contribution in [0, 0.1) is 6.92 Å². The molecule has 8 nitrogen and oxygen atoms in total. The Balaban J connectivity index is 1.37. The second-order valence-corrected chi connectivity index (χ2v) is 7.65. The molecule has 2 N–H and O–H groups in total. The van der Waals surface area contributed by atoms with Crippen molar-refractivity contribution in [2.75, 3.05) is 18.4 Å². The normalized spacial score (nSPS) is 14.8. The fourth-order valence-corrected chi connectivity index (χ4v) is 4.06. The molecule has 0 atom stereocenters. The summed E-state index contributed by atoms with van der Waals surface area (Å²) in [6.45, 7) is 3.95. The second-order valence-electron chi connectivity index (χ2n) is 6.59.